The molecule has 4 amide bonds. The van der Waals surface area contributed by atoms with Crippen LogP contribution < -0.4 is 21.3 Å². The summed E-state index contributed by atoms with van der Waals surface area (Å²) in [5.41, 5.74) is 11.4. The van der Waals surface area contributed by atoms with E-state index in [1.165, 1.54) is 6.33 Å². The van der Waals surface area contributed by atoms with Gasteiger partial charge in [-0.1, -0.05) is 5.16 Å². The average Bonchev–Trinajstić information content (AvgIpc) is 3.96. The van der Waals surface area contributed by atoms with E-state index in [9.17, 15) is 19.2 Å². The molecule has 4 aromatic heterocycles. The van der Waals surface area contributed by atoms with Gasteiger partial charge in [0.1, 0.15) is 29.6 Å². The SMILES string of the molecule is CC(C)(C)n1nc(-c2noc(C3CC3)c2-c2ncc(C3CCN(C(=O)OCC(=O)N4CCC(CN5CCN(c6ccc(NC7CCC(=O)NC7=O)cc6)CC5)CC4)CC3)cn2)c2c(N)ncnc21. The summed E-state index contributed by atoms with van der Waals surface area (Å²) in [6, 6.07) is 7.74. The number of rotatable bonds is 11. The maximum absolute atomic E-state index is 13.2. The molecule has 1 atom stereocenters. The number of aromatic nitrogens is 7. The number of piperazine rings is 1. The molecule has 68 heavy (non-hydrogen) atoms. The monoisotopic (exact) mass is 928 g/mol. The van der Waals surface area contributed by atoms with Crippen molar-refractivity contribution in [3.63, 3.8) is 0 Å². The van der Waals surface area contributed by atoms with Crippen molar-refractivity contribution < 1.29 is 28.4 Å². The van der Waals surface area contributed by atoms with E-state index in [1.807, 2.05) is 54.9 Å². The van der Waals surface area contributed by atoms with Crippen LogP contribution in [0, 0.1) is 5.92 Å². The number of likely N-dealkylation sites (tertiary alicyclic amines) is 2. The second-order valence-corrected chi connectivity index (χ2v) is 19.9. The molecule has 20 nitrogen and oxygen atoms in total. The predicted molar refractivity (Wildman–Crippen MR) is 252 cm³/mol. The lowest BCUT2D eigenvalue weighted by Gasteiger charge is -2.39. The van der Waals surface area contributed by atoms with Crippen LogP contribution in [0.5, 0.6) is 0 Å². The van der Waals surface area contributed by atoms with Crippen molar-refractivity contribution in [2.45, 2.75) is 95.6 Å². The van der Waals surface area contributed by atoms with Gasteiger partial charge >= 0.3 is 6.09 Å². The van der Waals surface area contributed by atoms with Gasteiger partial charge in [0.05, 0.1) is 16.5 Å². The number of carbonyl (C=O) groups excluding carboxylic acids is 4. The Bertz CT molecular complexity index is 2650. The number of imide groups is 1. The molecule has 8 heterocycles. The first kappa shape index (κ1) is 45.1. The number of nitrogens with one attached hydrogen (secondary N) is 2. The summed E-state index contributed by atoms with van der Waals surface area (Å²) in [6.45, 7) is 13.0. The molecule has 0 radical (unpaired) electrons. The molecule has 1 unspecified atom stereocenters. The molecular weight excluding hydrogens is 869 g/mol. The topological polar surface area (TPSA) is 236 Å². The Morgan fingerprint density at radius 1 is 0.838 bits per heavy atom. The van der Waals surface area contributed by atoms with E-state index in [0.29, 0.717) is 97.4 Å². The summed E-state index contributed by atoms with van der Waals surface area (Å²) in [5.74, 6) is 1.79. The van der Waals surface area contributed by atoms with Crippen LogP contribution in [0.25, 0.3) is 33.8 Å². The molecule has 358 valence electrons. The minimum absolute atomic E-state index is 0.149. The lowest BCUT2D eigenvalue weighted by Crippen LogP contribution is -2.49. The molecular formula is C48H60N14O6. The normalized spacial score (nSPS) is 20.2. The van der Waals surface area contributed by atoms with E-state index < -0.39 is 12.1 Å². The number of benzene rings is 1. The zero-order valence-electron chi connectivity index (χ0n) is 39.0. The average molecular weight is 929 g/mol. The number of hydrogen-bond acceptors (Lipinski definition) is 16. The molecule has 1 saturated carbocycles. The summed E-state index contributed by atoms with van der Waals surface area (Å²) < 4.78 is 13.4. The van der Waals surface area contributed by atoms with Crippen molar-refractivity contribution in [1.29, 1.82) is 0 Å². The van der Waals surface area contributed by atoms with Crippen molar-refractivity contribution >= 4 is 52.0 Å². The molecule has 4 N–H and O–H groups in total. The van der Waals surface area contributed by atoms with Crippen molar-refractivity contribution in [1.82, 2.24) is 54.9 Å². The third kappa shape index (κ3) is 9.55. The lowest BCUT2D eigenvalue weighted by molar-refractivity contribution is -0.136. The van der Waals surface area contributed by atoms with Crippen LogP contribution in [0.3, 0.4) is 0 Å². The fraction of sp³-hybridized carbons (Fsp3) is 0.542. The summed E-state index contributed by atoms with van der Waals surface area (Å²) in [5, 5.41) is 15.7. The van der Waals surface area contributed by atoms with E-state index in [4.69, 9.17) is 30.1 Å². The largest absolute Gasteiger partial charge is 0.439 e. The van der Waals surface area contributed by atoms with Gasteiger partial charge in [-0.25, -0.2) is 29.4 Å². The number of nitrogens with zero attached hydrogens (tertiary/aromatic N) is 11. The van der Waals surface area contributed by atoms with E-state index in [0.717, 1.165) is 81.1 Å². The van der Waals surface area contributed by atoms with Gasteiger partial charge in [0, 0.05) is 95.0 Å². The summed E-state index contributed by atoms with van der Waals surface area (Å²) in [7, 11) is 0. The molecule has 20 heteroatoms. The molecule has 5 fully saturated rings. The summed E-state index contributed by atoms with van der Waals surface area (Å²) >= 11 is 0. The van der Waals surface area contributed by atoms with Gasteiger partial charge in [0.2, 0.25) is 11.8 Å². The molecule has 4 aliphatic heterocycles. The van der Waals surface area contributed by atoms with Crippen LogP contribution in [0.2, 0.25) is 0 Å². The fourth-order valence-electron chi connectivity index (χ4n) is 10.0. The highest BCUT2D eigenvalue weighted by atomic mass is 16.6. The first-order chi connectivity index (χ1) is 32.9. The van der Waals surface area contributed by atoms with Gasteiger partial charge in [-0.2, -0.15) is 5.10 Å². The maximum atomic E-state index is 13.2. The van der Waals surface area contributed by atoms with E-state index in [-0.39, 0.29) is 41.7 Å². The molecule has 5 aromatic rings. The van der Waals surface area contributed by atoms with Gasteiger partial charge in [-0.15, -0.1) is 0 Å². The van der Waals surface area contributed by atoms with Crippen molar-refractivity contribution in [3.05, 3.63) is 54.3 Å². The second-order valence-electron chi connectivity index (χ2n) is 19.9. The van der Waals surface area contributed by atoms with Gasteiger partial charge < -0.3 is 35.0 Å². The molecule has 10 rings (SSSR count). The number of ether oxygens (including phenoxy) is 1. The van der Waals surface area contributed by atoms with E-state index in [2.05, 4.69) is 47.7 Å². The zero-order chi connectivity index (χ0) is 47.1. The predicted octanol–water partition coefficient (Wildman–Crippen LogP) is 4.75. The highest BCUT2D eigenvalue weighted by Crippen LogP contribution is 2.48. The minimum Gasteiger partial charge on any atom is -0.439 e. The van der Waals surface area contributed by atoms with Gasteiger partial charge in [-0.05, 0) is 107 Å². The Kier molecular flexibility index (Phi) is 12.4. The van der Waals surface area contributed by atoms with Crippen LogP contribution in [-0.2, 0) is 24.7 Å². The Morgan fingerprint density at radius 2 is 1.54 bits per heavy atom. The minimum atomic E-state index is -0.461. The number of fused-ring (bicyclic) bond motifs is 1. The number of nitrogens with two attached hydrogens (primary N) is 1. The van der Waals surface area contributed by atoms with Crippen molar-refractivity contribution in [2.75, 3.05) is 81.5 Å². The summed E-state index contributed by atoms with van der Waals surface area (Å²) in [6.07, 6.45) is 10.8. The molecule has 5 aliphatic rings. The van der Waals surface area contributed by atoms with Crippen LogP contribution in [0.1, 0.15) is 95.3 Å². The van der Waals surface area contributed by atoms with Gasteiger partial charge in [0.15, 0.2) is 23.8 Å². The number of hydrogen-bond donors (Lipinski definition) is 3. The quantitative estimate of drug-likeness (QED) is 0.152. The Labute approximate surface area is 394 Å². The van der Waals surface area contributed by atoms with Crippen molar-refractivity contribution in [2.24, 2.45) is 5.92 Å². The highest BCUT2D eigenvalue weighted by Gasteiger charge is 2.37. The molecule has 0 bridgehead atoms. The number of nitrogen functional groups attached to an aromatic ring is 1. The Morgan fingerprint density at radius 3 is 2.22 bits per heavy atom. The maximum Gasteiger partial charge on any atom is 0.410 e. The standard InChI is InChI=1S/C48H60N14O6/c1-48(2,3)62-45-39(43(49)52-28-53-45)40(56-62)41-38(42(68-57-41)31-4-5-31)44-50-24-32(25-51-44)30-14-18-61(19-15-30)47(66)67-27-37(64)60-16-12-29(13-17-60)26-58-20-22-59(23-21-58)34-8-6-33(7-9-34)54-35-10-11-36(63)55-46(35)65/h6-9,24-25,28-31,35,54H,4-5,10-23,26-27H2,1-3H3,(H2,49,52,53)(H,55,63,65). The molecule has 4 saturated heterocycles. The third-order valence-corrected chi connectivity index (χ3v) is 14.1. The lowest BCUT2D eigenvalue weighted by atomic mass is 9.91. The van der Waals surface area contributed by atoms with Gasteiger partial charge in [0.25, 0.3) is 5.91 Å². The van der Waals surface area contributed by atoms with Crippen LogP contribution in [-0.4, -0.2) is 145 Å². The van der Waals surface area contributed by atoms with Crippen LogP contribution >= 0.6 is 0 Å². The van der Waals surface area contributed by atoms with Crippen LogP contribution in [0.4, 0.5) is 22.0 Å². The molecule has 1 aliphatic carbocycles. The smallest absolute Gasteiger partial charge is 0.410 e. The number of amides is 4. The first-order valence-corrected chi connectivity index (χ1v) is 24.0. The molecule has 1 aromatic carbocycles. The first-order valence-electron chi connectivity index (χ1n) is 24.0. The number of carbonyl (C=O) groups is 4. The second kappa shape index (κ2) is 18.8. The fourth-order valence-corrected chi connectivity index (χ4v) is 10.0. The Balaban J connectivity index is 0.660. The number of piperidine rings is 3. The third-order valence-electron chi connectivity index (χ3n) is 14.1. The van der Waals surface area contributed by atoms with Crippen molar-refractivity contribution in [3.8, 4) is 22.8 Å². The summed E-state index contributed by atoms with van der Waals surface area (Å²) in [4.78, 5) is 76.8. The highest BCUT2D eigenvalue weighted by molar-refractivity contribution is 6.02. The van der Waals surface area contributed by atoms with Gasteiger partial charge in [-0.3, -0.25) is 24.6 Å². The van der Waals surface area contributed by atoms with E-state index in [1.54, 1.807) is 4.90 Å². The molecule has 0 spiro atoms. The van der Waals surface area contributed by atoms with E-state index >= 15 is 0 Å². The number of anilines is 3. The van der Waals surface area contributed by atoms with Crippen LogP contribution in [0.15, 0.2) is 47.5 Å². The Hall–Kier alpha value is -6.70. The zero-order valence-corrected chi connectivity index (χ0v) is 39.0.